The molecule has 0 aromatic heterocycles. The number of phenolic OH excluding ortho intramolecular Hbond substituents is 2. The molecule has 0 saturated carbocycles. The van der Waals surface area contributed by atoms with Crippen LogP contribution in [0.3, 0.4) is 0 Å². The molecule has 154 valence electrons. The van der Waals surface area contributed by atoms with E-state index < -0.39 is 0 Å². The fourth-order valence-electron chi connectivity index (χ4n) is 3.28. The quantitative estimate of drug-likeness (QED) is 0.224. The standard InChI is InChI=1S/C26H20O5/c1-2-4-25(29)30-21-9-11-22(12-10-21)31-26-23(17-5-3-6-19(27)15-17)13-7-18-16-20(28)8-14-24(18)26/h2-3,5-16,27-28H,1,4H2. The fraction of sp³-hybridized carbons (Fsp3) is 0.0385. The SMILES string of the molecule is C=CCC(=O)Oc1ccc(Oc2c(-c3cccc(O)c3)ccc3cc(O)ccc23)cc1. The maximum Gasteiger partial charge on any atom is 0.315 e. The number of benzene rings is 4. The highest BCUT2D eigenvalue weighted by Gasteiger charge is 2.14. The molecule has 0 fully saturated rings. The van der Waals surface area contributed by atoms with E-state index >= 15 is 0 Å². The Morgan fingerprint density at radius 1 is 0.871 bits per heavy atom. The summed E-state index contributed by atoms with van der Waals surface area (Å²) in [5, 5.41) is 21.4. The second-order valence-electron chi connectivity index (χ2n) is 6.94. The Hall–Kier alpha value is -4.25. The Kier molecular flexibility index (Phi) is 5.58. The molecule has 0 unspecified atom stereocenters. The second kappa shape index (κ2) is 8.63. The molecular formula is C26H20O5. The summed E-state index contributed by atoms with van der Waals surface area (Å²) in [5.41, 5.74) is 1.58. The minimum Gasteiger partial charge on any atom is -0.508 e. The first-order chi connectivity index (χ1) is 15.0. The predicted octanol–water partition coefficient (Wildman–Crippen LogP) is 6.19. The van der Waals surface area contributed by atoms with Crippen LogP contribution in [0.15, 0.2) is 91.5 Å². The minimum atomic E-state index is -0.385. The smallest absolute Gasteiger partial charge is 0.315 e. The molecule has 0 aliphatic heterocycles. The Balaban J connectivity index is 1.74. The molecule has 0 atom stereocenters. The van der Waals surface area contributed by atoms with Crippen LogP contribution in [0.2, 0.25) is 0 Å². The maximum atomic E-state index is 11.6. The molecule has 4 aromatic rings. The zero-order valence-corrected chi connectivity index (χ0v) is 16.6. The number of rotatable bonds is 6. The highest BCUT2D eigenvalue weighted by molar-refractivity contribution is 5.96. The molecule has 5 nitrogen and oxygen atoms in total. The van der Waals surface area contributed by atoms with Crippen molar-refractivity contribution in [2.45, 2.75) is 6.42 Å². The summed E-state index contributed by atoms with van der Waals surface area (Å²) in [7, 11) is 0. The van der Waals surface area contributed by atoms with Gasteiger partial charge in [0, 0.05) is 10.9 Å². The van der Waals surface area contributed by atoms with Crippen molar-refractivity contribution in [3.05, 3.63) is 91.5 Å². The van der Waals surface area contributed by atoms with Gasteiger partial charge in [0.2, 0.25) is 0 Å². The zero-order chi connectivity index (χ0) is 21.8. The molecule has 4 rings (SSSR count). The predicted molar refractivity (Wildman–Crippen MR) is 120 cm³/mol. The molecule has 0 heterocycles. The molecule has 0 spiro atoms. The van der Waals surface area contributed by atoms with Crippen LogP contribution in [0.25, 0.3) is 21.9 Å². The lowest BCUT2D eigenvalue weighted by Crippen LogP contribution is -2.05. The van der Waals surface area contributed by atoms with Gasteiger partial charge in [-0.15, -0.1) is 6.58 Å². The summed E-state index contributed by atoms with van der Waals surface area (Å²) in [6.45, 7) is 3.52. The first kappa shape index (κ1) is 20.0. The van der Waals surface area contributed by atoms with Crippen molar-refractivity contribution in [2.24, 2.45) is 0 Å². The van der Waals surface area contributed by atoms with E-state index in [9.17, 15) is 15.0 Å². The number of carbonyl (C=O) groups excluding carboxylic acids is 1. The van der Waals surface area contributed by atoms with Gasteiger partial charge in [-0.2, -0.15) is 0 Å². The summed E-state index contributed by atoms with van der Waals surface area (Å²) in [6.07, 6.45) is 1.62. The van der Waals surface area contributed by atoms with E-state index in [1.54, 1.807) is 60.7 Å². The first-order valence-electron chi connectivity index (χ1n) is 9.68. The number of carbonyl (C=O) groups is 1. The number of ether oxygens (including phenoxy) is 2. The first-order valence-corrected chi connectivity index (χ1v) is 9.68. The van der Waals surface area contributed by atoms with Crippen molar-refractivity contribution in [3.63, 3.8) is 0 Å². The second-order valence-corrected chi connectivity index (χ2v) is 6.94. The number of esters is 1. The lowest BCUT2D eigenvalue weighted by atomic mass is 9.99. The van der Waals surface area contributed by atoms with E-state index in [4.69, 9.17) is 9.47 Å². The van der Waals surface area contributed by atoms with Crippen molar-refractivity contribution < 1.29 is 24.5 Å². The van der Waals surface area contributed by atoms with Crippen LogP contribution in [0.4, 0.5) is 0 Å². The third-order valence-electron chi connectivity index (χ3n) is 4.70. The van der Waals surface area contributed by atoms with E-state index in [0.717, 1.165) is 21.9 Å². The third-order valence-corrected chi connectivity index (χ3v) is 4.70. The molecule has 31 heavy (non-hydrogen) atoms. The van der Waals surface area contributed by atoms with Gasteiger partial charge in [0.05, 0.1) is 6.42 Å². The monoisotopic (exact) mass is 412 g/mol. The number of aromatic hydroxyl groups is 2. The Morgan fingerprint density at radius 2 is 1.61 bits per heavy atom. The number of hydrogen-bond donors (Lipinski definition) is 2. The third kappa shape index (κ3) is 4.51. The van der Waals surface area contributed by atoms with Gasteiger partial charge in [0.1, 0.15) is 28.7 Å². The summed E-state index contributed by atoms with van der Waals surface area (Å²) in [6, 6.07) is 22.5. The normalized spacial score (nSPS) is 10.6. The highest BCUT2D eigenvalue weighted by Crippen LogP contribution is 2.41. The van der Waals surface area contributed by atoms with E-state index in [1.807, 2.05) is 18.2 Å². The van der Waals surface area contributed by atoms with Crippen LogP contribution in [0, 0.1) is 0 Å². The van der Waals surface area contributed by atoms with Gasteiger partial charge in [-0.1, -0.05) is 24.3 Å². The number of hydrogen-bond acceptors (Lipinski definition) is 5. The van der Waals surface area contributed by atoms with E-state index in [1.165, 1.54) is 6.08 Å². The zero-order valence-electron chi connectivity index (χ0n) is 16.6. The van der Waals surface area contributed by atoms with Gasteiger partial charge in [-0.3, -0.25) is 4.79 Å². The van der Waals surface area contributed by atoms with Gasteiger partial charge in [-0.05, 0) is 71.6 Å². The van der Waals surface area contributed by atoms with Crippen molar-refractivity contribution in [1.29, 1.82) is 0 Å². The van der Waals surface area contributed by atoms with Gasteiger partial charge >= 0.3 is 5.97 Å². The van der Waals surface area contributed by atoms with Gasteiger partial charge in [-0.25, -0.2) is 0 Å². The van der Waals surface area contributed by atoms with Crippen molar-refractivity contribution in [2.75, 3.05) is 0 Å². The summed E-state index contributed by atoms with van der Waals surface area (Å²) < 4.78 is 11.5. The Labute approximate surface area is 179 Å². The van der Waals surface area contributed by atoms with Gasteiger partial charge < -0.3 is 19.7 Å². The van der Waals surface area contributed by atoms with Crippen molar-refractivity contribution in [3.8, 4) is 39.9 Å². The lowest BCUT2D eigenvalue weighted by molar-refractivity contribution is -0.133. The number of fused-ring (bicyclic) bond motifs is 1. The molecule has 4 aromatic carbocycles. The van der Waals surface area contributed by atoms with Crippen molar-refractivity contribution in [1.82, 2.24) is 0 Å². The Morgan fingerprint density at radius 3 is 2.35 bits per heavy atom. The Bertz CT molecular complexity index is 1260. The molecule has 0 amide bonds. The van der Waals surface area contributed by atoms with E-state index in [-0.39, 0.29) is 23.9 Å². The van der Waals surface area contributed by atoms with Gasteiger partial charge in [0.25, 0.3) is 0 Å². The van der Waals surface area contributed by atoms with Crippen LogP contribution >= 0.6 is 0 Å². The van der Waals surface area contributed by atoms with Crippen molar-refractivity contribution >= 4 is 16.7 Å². The summed E-state index contributed by atoms with van der Waals surface area (Å²) in [5.74, 6) is 1.47. The molecule has 0 saturated heterocycles. The number of phenols is 2. The summed E-state index contributed by atoms with van der Waals surface area (Å²) >= 11 is 0. The summed E-state index contributed by atoms with van der Waals surface area (Å²) in [4.78, 5) is 11.6. The highest BCUT2D eigenvalue weighted by atomic mass is 16.5. The van der Waals surface area contributed by atoms with Gasteiger partial charge in [0.15, 0.2) is 0 Å². The van der Waals surface area contributed by atoms with E-state index in [2.05, 4.69) is 6.58 Å². The minimum absolute atomic E-state index is 0.133. The molecule has 0 aliphatic rings. The molecular weight excluding hydrogens is 392 g/mol. The molecule has 0 radical (unpaired) electrons. The topological polar surface area (TPSA) is 76.0 Å². The van der Waals surface area contributed by atoms with Crippen LogP contribution in [-0.2, 0) is 4.79 Å². The van der Waals surface area contributed by atoms with E-state index in [0.29, 0.717) is 17.2 Å². The molecule has 5 heteroatoms. The lowest BCUT2D eigenvalue weighted by Gasteiger charge is -2.15. The molecule has 0 bridgehead atoms. The van der Waals surface area contributed by atoms with Crippen LogP contribution in [0.1, 0.15) is 6.42 Å². The molecule has 2 N–H and O–H groups in total. The van der Waals surface area contributed by atoms with Crippen LogP contribution < -0.4 is 9.47 Å². The average molecular weight is 412 g/mol. The largest absolute Gasteiger partial charge is 0.508 e. The van der Waals surface area contributed by atoms with Crippen LogP contribution in [0.5, 0.6) is 28.7 Å². The van der Waals surface area contributed by atoms with Crippen LogP contribution in [-0.4, -0.2) is 16.2 Å². The maximum absolute atomic E-state index is 11.6. The fourth-order valence-corrected chi connectivity index (χ4v) is 3.28. The average Bonchev–Trinajstić information content (AvgIpc) is 2.75. The molecule has 0 aliphatic carbocycles.